The van der Waals surface area contributed by atoms with Gasteiger partial charge in [0.15, 0.2) is 34.9 Å². The summed E-state index contributed by atoms with van der Waals surface area (Å²) in [5.41, 5.74) is 13.9. The van der Waals surface area contributed by atoms with Crippen LogP contribution in [-0.4, -0.2) is 29.9 Å². The molecule has 2 unspecified atom stereocenters. The van der Waals surface area contributed by atoms with Crippen LogP contribution in [0.1, 0.15) is 46.5 Å². The van der Waals surface area contributed by atoms with Crippen LogP contribution in [0.4, 0.5) is 0 Å². The van der Waals surface area contributed by atoms with E-state index >= 15 is 0 Å². The second-order valence-electron chi connectivity index (χ2n) is 17.7. The van der Waals surface area contributed by atoms with Crippen LogP contribution < -0.4 is 0 Å². The van der Waals surface area contributed by atoms with Crippen LogP contribution in [-0.2, 0) is 0 Å². The molecule has 0 bridgehead atoms. The lowest BCUT2D eigenvalue weighted by molar-refractivity contribution is 0.640. The summed E-state index contributed by atoms with van der Waals surface area (Å²) in [4.78, 5) is 30.6. The Kier molecular flexibility index (Phi) is 10.7. The molecular formula is C61H48N6. The van der Waals surface area contributed by atoms with E-state index < -0.39 is 0 Å². The topological polar surface area (TPSA) is 77.3 Å². The number of allylic oxidation sites excluding steroid dienone is 4. The van der Waals surface area contributed by atoms with Gasteiger partial charge in [-0.1, -0.05) is 189 Å². The van der Waals surface area contributed by atoms with Gasteiger partial charge < -0.3 is 0 Å². The quantitative estimate of drug-likeness (QED) is 0.142. The molecule has 0 spiro atoms. The van der Waals surface area contributed by atoms with E-state index in [0.29, 0.717) is 34.9 Å². The summed E-state index contributed by atoms with van der Waals surface area (Å²) in [7, 11) is 0. The van der Waals surface area contributed by atoms with Gasteiger partial charge in [-0.05, 0) is 100 Å². The highest BCUT2D eigenvalue weighted by Crippen LogP contribution is 2.42. The fourth-order valence-electron chi connectivity index (χ4n) is 9.60. The number of aryl methyl sites for hydroxylation is 4. The van der Waals surface area contributed by atoms with E-state index in [1.807, 2.05) is 36.4 Å². The lowest BCUT2D eigenvalue weighted by atomic mass is 9.79. The van der Waals surface area contributed by atoms with E-state index in [4.69, 9.17) is 29.9 Å². The Morgan fingerprint density at radius 1 is 0.343 bits per heavy atom. The third kappa shape index (κ3) is 7.80. The van der Waals surface area contributed by atoms with Gasteiger partial charge in [0.2, 0.25) is 0 Å². The molecule has 1 aliphatic rings. The Labute approximate surface area is 391 Å². The van der Waals surface area contributed by atoms with Gasteiger partial charge in [0, 0.05) is 39.3 Å². The molecule has 6 heteroatoms. The Bertz CT molecular complexity index is 3490. The van der Waals surface area contributed by atoms with Gasteiger partial charge in [0.25, 0.3) is 0 Å². The summed E-state index contributed by atoms with van der Waals surface area (Å²) < 4.78 is 0. The van der Waals surface area contributed by atoms with Gasteiger partial charge in [-0.3, -0.25) is 0 Å². The van der Waals surface area contributed by atoms with Crippen molar-refractivity contribution in [1.82, 2.24) is 29.9 Å². The molecule has 0 fully saturated rings. The van der Waals surface area contributed by atoms with Crippen LogP contribution >= 0.6 is 0 Å². The summed E-state index contributed by atoms with van der Waals surface area (Å²) in [6.07, 6.45) is 6.85. The van der Waals surface area contributed by atoms with Crippen LogP contribution in [0.5, 0.6) is 0 Å². The normalized spacial score (nSPS) is 14.7. The molecule has 11 rings (SSSR count). The highest BCUT2D eigenvalue weighted by Gasteiger charge is 2.25. The zero-order chi connectivity index (χ0) is 45.6. The molecule has 0 saturated carbocycles. The first kappa shape index (κ1) is 41.5. The molecule has 0 aliphatic heterocycles. The Balaban J connectivity index is 0.994. The average Bonchev–Trinajstić information content (AvgIpc) is 3.36. The van der Waals surface area contributed by atoms with Crippen molar-refractivity contribution < 1.29 is 0 Å². The van der Waals surface area contributed by atoms with E-state index in [-0.39, 0.29) is 11.8 Å². The van der Waals surface area contributed by atoms with Crippen molar-refractivity contribution >= 4 is 27.1 Å². The summed E-state index contributed by atoms with van der Waals surface area (Å²) in [6.45, 7) is 10.7. The monoisotopic (exact) mass is 864 g/mol. The smallest absolute Gasteiger partial charge is 0.164 e. The fourth-order valence-corrected chi connectivity index (χ4v) is 9.60. The molecule has 0 saturated heterocycles. The number of benzene rings is 8. The number of hydrogen-bond donors (Lipinski definition) is 0. The van der Waals surface area contributed by atoms with E-state index in [9.17, 15) is 0 Å². The van der Waals surface area contributed by atoms with E-state index in [0.717, 1.165) is 66.8 Å². The van der Waals surface area contributed by atoms with Crippen molar-refractivity contribution in [3.63, 3.8) is 0 Å². The minimum absolute atomic E-state index is 0.0936. The van der Waals surface area contributed by atoms with Gasteiger partial charge >= 0.3 is 0 Å². The molecule has 8 aromatic carbocycles. The molecular weight excluding hydrogens is 817 g/mol. The van der Waals surface area contributed by atoms with Crippen molar-refractivity contribution in [3.05, 3.63) is 222 Å². The Morgan fingerprint density at radius 3 is 1.30 bits per heavy atom. The molecule has 0 radical (unpaired) electrons. The van der Waals surface area contributed by atoms with E-state index in [1.54, 1.807) is 0 Å². The van der Waals surface area contributed by atoms with Gasteiger partial charge in [-0.25, -0.2) is 29.9 Å². The molecule has 2 atom stereocenters. The van der Waals surface area contributed by atoms with Crippen molar-refractivity contribution in [3.8, 4) is 68.1 Å². The summed E-state index contributed by atoms with van der Waals surface area (Å²) >= 11 is 0. The van der Waals surface area contributed by atoms with E-state index in [1.165, 1.54) is 27.1 Å². The maximum Gasteiger partial charge on any atom is 0.164 e. The first-order valence-electron chi connectivity index (χ1n) is 23.0. The summed E-state index contributed by atoms with van der Waals surface area (Å²) in [5.74, 6) is 4.34. The number of nitrogens with zero attached hydrogens (tertiary/aromatic N) is 6. The van der Waals surface area contributed by atoms with Crippen LogP contribution in [0.2, 0.25) is 0 Å². The molecule has 0 N–H and O–H groups in total. The third-order valence-corrected chi connectivity index (χ3v) is 13.3. The van der Waals surface area contributed by atoms with Gasteiger partial charge in [-0.15, -0.1) is 0 Å². The van der Waals surface area contributed by atoms with Crippen molar-refractivity contribution in [1.29, 1.82) is 0 Å². The second kappa shape index (κ2) is 17.3. The number of rotatable bonds is 8. The maximum absolute atomic E-state index is 5.15. The molecule has 2 heterocycles. The van der Waals surface area contributed by atoms with E-state index in [2.05, 4.69) is 186 Å². The number of fused-ring (bicyclic) bond motifs is 3. The van der Waals surface area contributed by atoms with Gasteiger partial charge in [-0.2, -0.15) is 0 Å². The third-order valence-electron chi connectivity index (χ3n) is 13.3. The maximum atomic E-state index is 5.15. The molecule has 67 heavy (non-hydrogen) atoms. The predicted molar refractivity (Wildman–Crippen MR) is 275 cm³/mol. The first-order chi connectivity index (χ1) is 32.8. The lowest BCUT2D eigenvalue weighted by Crippen LogP contribution is -2.11. The highest BCUT2D eigenvalue weighted by atomic mass is 15.0. The summed E-state index contributed by atoms with van der Waals surface area (Å²) in [5, 5.41) is 4.85. The Hall–Kier alpha value is -8.22. The Morgan fingerprint density at radius 2 is 0.761 bits per heavy atom. The van der Waals surface area contributed by atoms with Crippen molar-refractivity contribution in [2.45, 2.75) is 40.5 Å². The van der Waals surface area contributed by atoms with Gasteiger partial charge in [0.05, 0.1) is 0 Å². The lowest BCUT2D eigenvalue weighted by Gasteiger charge is -2.25. The molecule has 0 amide bonds. The van der Waals surface area contributed by atoms with Crippen LogP contribution in [0.25, 0.3) is 95.2 Å². The molecule has 6 nitrogen and oxygen atoms in total. The molecule has 1 aliphatic carbocycles. The molecule has 2 aromatic heterocycles. The molecule has 10 aromatic rings. The number of hydrogen-bond acceptors (Lipinski definition) is 6. The van der Waals surface area contributed by atoms with Crippen LogP contribution in [0.15, 0.2) is 188 Å². The number of aromatic nitrogens is 6. The molecule has 322 valence electrons. The largest absolute Gasteiger partial charge is 0.208 e. The van der Waals surface area contributed by atoms with Crippen molar-refractivity contribution in [2.24, 2.45) is 5.92 Å². The predicted octanol–water partition coefficient (Wildman–Crippen LogP) is 15.0. The first-order valence-corrected chi connectivity index (χ1v) is 23.0. The standard InChI is InChI=1S/C61H48N6/c1-37-17-6-10-23-45(37)58-62-56(63-59(66-58)46-24-11-7-18-38(46)2)43-22-14-21-42(35-43)49-27-15-28-50-51-29-16-30-52(54(51)34-33-53(49)50)55-36-44(32-31-41(55)5)57-64-60(47-25-12-8-19-39(47)3)67-61(65-57)48-26-13-9-20-40(48)4/h6-36,41,55H,1-5H3. The van der Waals surface area contributed by atoms with Crippen molar-refractivity contribution in [2.75, 3.05) is 0 Å². The van der Waals surface area contributed by atoms with Crippen LogP contribution in [0, 0.1) is 33.6 Å². The fraction of sp³-hybridized carbons (Fsp3) is 0.115. The average molecular weight is 865 g/mol. The minimum atomic E-state index is 0.0936. The van der Waals surface area contributed by atoms with Crippen LogP contribution in [0.3, 0.4) is 0 Å². The SMILES string of the molecule is Cc1ccccc1-c1nc(C2=CC(c3cccc4c3ccc3c(-c5cccc(-c6nc(-c7ccccc7C)nc(-c7ccccc7C)n6)c5)cccc34)C(C)C=C2)nc(-c2ccccc2C)n1. The minimum Gasteiger partial charge on any atom is -0.208 e. The summed E-state index contributed by atoms with van der Waals surface area (Å²) in [6, 6.07) is 59.7. The zero-order valence-corrected chi connectivity index (χ0v) is 38.2. The zero-order valence-electron chi connectivity index (χ0n) is 38.2. The van der Waals surface area contributed by atoms with Gasteiger partial charge in [0.1, 0.15) is 0 Å². The second-order valence-corrected chi connectivity index (χ2v) is 17.7. The highest BCUT2D eigenvalue weighted by molar-refractivity contribution is 6.13.